The average Bonchev–Trinajstić information content (AvgIpc) is 1.81. The Morgan fingerprint density at radius 2 is 1.90 bits per heavy atom. The molecule has 0 aliphatic carbocycles. The van der Waals surface area contributed by atoms with Crippen LogP contribution in [0.15, 0.2) is 36.5 Å². The molecule has 0 spiro atoms. The SMILES string of the molecule is C=C/C=C(\C(=C)C)C(C)=N. The first-order valence-electron chi connectivity index (χ1n) is 3.13. The van der Waals surface area contributed by atoms with Gasteiger partial charge in [0.15, 0.2) is 0 Å². The Kier molecular flexibility index (Phi) is 3.40. The highest BCUT2D eigenvalue weighted by molar-refractivity contribution is 5.99. The summed E-state index contributed by atoms with van der Waals surface area (Å²) in [5, 5.41) is 7.31. The molecule has 0 saturated carbocycles. The molecular weight excluding hydrogens is 122 g/mol. The molecule has 0 radical (unpaired) electrons. The van der Waals surface area contributed by atoms with Crippen molar-refractivity contribution in [2.45, 2.75) is 13.8 Å². The smallest absolute Gasteiger partial charge is 0.0357 e. The molecule has 10 heavy (non-hydrogen) atoms. The number of nitrogens with one attached hydrogen (secondary N) is 1. The van der Waals surface area contributed by atoms with Crippen molar-refractivity contribution in [1.29, 1.82) is 5.41 Å². The summed E-state index contributed by atoms with van der Waals surface area (Å²) in [6.45, 7) is 10.9. The van der Waals surface area contributed by atoms with Crippen molar-refractivity contribution in [2.75, 3.05) is 0 Å². The minimum atomic E-state index is 0.535. The first-order chi connectivity index (χ1) is 4.59. The Labute approximate surface area is 62.3 Å². The second-order valence-electron chi connectivity index (χ2n) is 2.22. The highest BCUT2D eigenvalue weighted by Gasteiger charge is 1.97. The van der Waals surface area contributed by atoms with E-state index in [1.54, 1.807) is 19.1 Å². The molecule has 54 valence electrons. The first-order valence-corrected chi connectivity index (χ1v) is 3.13. The Morgan fingerprint density at radius 3 is 2.00 bits per heavy atom. The van der Waals surface area contributed by atoms with Gasteiger partial charge in [0.05, 0.1) is 0 Å². The second kappa shape index (κ2) is 3.83. The second-order valence-corrected chi connectivity index (χ2v) is 2.22. The van der Waals surface area contributed by atoms with Crippen LogP contribution in [0, 0.1) is 5.41 Å². The molecule has 1 nitrogen and oxygen atoms in total. The fraction of sp³-hybridized carbons (Fsp3) is 0.222. The molecule has 0 rings (SSSR count). The zero-order valence-electron chi connectivity index (χ0n) is 6.57. The molecule has 0 saturated heterocycles. The lowest BCUT2D eigenvalue weighted by molar-refractivity contribution is 1.40. The van der Waals surface area contributed by atoms with Crippen molar-refractivity contribution in [2.24, 2.45) is 0 Å². The molecule has 0 aliphatic rings. The first kappa shape index (κ1) is 8.89. The van der Waals surface area contributed by atoms with Gasteiger partial charge in [-0.05, 0) is 25.0 Å². The predicted octanol–water partition coefficient (Wildman–Crippen LogP) is 2.71. The summed E-state index contributed by atoms with van der Waals surface area (Å²) in [7, 11) is 0. The van der Waals surface area contributed by atoms with Gasteiger partial charge in [-0.1, -0.05) is 25.3 Å². The van der Waals surface area contributed by atoms with Crippen molar-refractivity contribution in [1.82, 2.24) is 0 Å². The van der Waals surface area contributed by atoms with E-state index >= 15 is 0 Å². The van der Waals surface area contributed by atoms with E-state index in [1.807, 2.05) is 6.92 Å². The van der Waals surface area contributed by atoms with Crippen molar-refractivity contribution in [3.05, 3.63) is 36.5 Å². The summed E-state index contributed by atoms with van der Waals surface area (Å²) in [5.74, 6) is 0. The van der Waals surface area contributed by atoms with Gasteiger partial charge >= 0.3 is 0 Å². The summed E-state index contributed by atoms with van der Waals surface area (Å²) in [4.78, 5) is 0. The van der Waals surface area contributed by atoms with Crippen molar-refractivity contribution in [3.63, 3.8) is 0 Å². The normalized spacial score (nSPS) is 10.8. The topological polar surface area (TPSA) is 23.9 Å². The minimum absolute atomic E-state index is 0.535. The quantitative estimate of drug-likeness (QED) is 0.454. The van der Waals surface area contributed by atoms with Crippen LogP contribution >= 0.6 is 0 Å². The molecule has 0 aromatic carbocycles. The maximum Gasteiger partial charge on any atom is 0.0357 e. The van der Waals surface area contributed by atoms with Gasteiger partial charge in [0.2, 0.25) is 0 Å². The van der Waals surface area contributed by atoms with Crippen LogP contribution in [-0.2, 0) is 0 Å². The van der Waals surface area contributed by atoms with Crippen LogP contribution < -0.4 is 0 Å². The lowest BCUT2D eigenvalue weighted by atomic mass is 10.1. The Hall–Kier alpha value is -1.11. The molecule has 0 unspecified atom stereocenters. The van der Waals surface area contributed by atoms with Crippen LogP contribution in [-0.4, -0.2) is 5.71 Å². The molecule has 0 aromatic rings. The van der Waals surface area contributed by atoms with Gasteiger partial charge in [-0.25, -0.2) is 0 Å². The highest BCUT2D eigenvalue weighted by atomic mass is 14.4. The van der Waals surface area contributed by atoms with E-state index in [1.165, 1.54) is 0 Å². The highest BCUT2D eigenvalue weighted by Crippen LogP contribution is 2.07. The molecule has 0 bridgehead atoms. The van der Waals surface area contributed by atoms with Gasteiger partial charge in [0.1, 0.15) is 0 Å². The van der Waals surface area contributed by atoms with E-state index in [-0.39, 0.29) is 0 Å². The van der Waals surface area contributed by atoms with E-state index in [2.05, 4.69) is 13.2 Å². The molecular formula is C9H13N. The predicted molar refractivity (Wildman–Crippen MR) is 46.5 cm³/mol. The largest absolute Gasteiger partial charge is 0.305 e. The molecule has 0 aromatic heterocycles. The average molecular weight is 135 g/mol. The molecule has 0 heterocycles. The Balaban J connectivity index is 4.58. The van der Waals surface area contributed by atoms with Gasteiger partial charge in [0.25, 0.3) is 0 Å². The monoisotopic (exact) mass is 135 g/mol. The maximum atomic E-state index is 7.31. The van der Waals surface area contributed by atoms with Gasteiger partial charge in [-0.2, -0.15) is 0 Å². The van der Waals surface area contributed by atoms with Crippen LogP contribution in [0.4, 0.5) is 0 Å². The number of hydrogen-bond donors (Lipinski definition) is 1. The number of rotatable bonds is 3. The minimum Gasteiger partial charge on any atom is -0.305 e. The molecule has 1 N–H and O–H groups in total. The fourth-order valence-electron chi connectivity index (χ4n) is 0.705. The summed E-state index contributed by atoms with van der Waals surface area (Å²) in [5.41, 5.74) is 2.31. The van der Waals surface area contributed by atoms with E-state index in [9.17, 15) is 0 Å². The molecule has 0 atom stereocenters. The maximum absolute atomic E-state index is 7.31. The third-order valence-electron chi connectivity index (χ3n) is 1.15. The van der Waals surface area contributed by atoms with Crippen LogP contribution in [0.5, 0.6) is 0 Å². The molecule has 0 aliphatic heterocycles. The zero-order chi connectivity index (χ0) is 8.15. The van der Waals surface area contributed by atoms with E-state index in [4.69, 9.17) is 5.41 Å². The molecule has 0 amide bonds. The van der Waals surface area contributed by atoms with Gasteiger partial charge in [0, 0.05) is 5.71 Å². The standard InChI is InChI=1S/C9H13N/c1-5-6-9(7(2)3)8(4)10/h5-6,10H,1-2H2,3-4H3/b9-6+,10-8?. The van der Waals surface area contributed by atoms with Gasteiger partial charge < -0.3 is 5.41 Å². The van der Waals surface area contributed by atoms with Crippen LogP contribution in [0.1, 0.15) is 13.8 Å². The van der Waals surface area contributed by atoms with Crippen LogP contribution in [0.3, 0.4) is 0 Å². The van der Waals surface area contributed by atoms with Gasteiger partial charge in [-0.3, -0.25) is 0 Å². The third kappa shape index (κ3) is 2.44. The van der Waals surface area contributed by atoms with Crippen LogP contribution in [0.2, 0.25) is 0 Å². The van der Waals surface area contributed by atoms with Crippen molar-refractivity contribution in [3.8, 4) is 0 Å². The third-order valence-corrected chi connectivity index (χ3v) is 1.15. The Morgan fingerprint density at radius 1 is 1.40 bits per heavy atom. The van der Waals surface area contributed by atoms with E-state index in [0.717, 1.165) is 11.1 Å². The summed E-state index contributed by atoms with van der Waals surface area (Å²) < 4.78 is 0. The number of hydrogen-bond acceptors (Lipinski definition) is 1. The van der Waals surface area contributed by atoms with Crippen molar-refractivity contribution >= 4 is 5.71 Å². The number of allylic oxidation sites excluding steroid dienone is 4. The van der Waals surface area contributed by atoms with E-state index in [0.29, 0.717) is 5.71 Å². The molecule has 1 heteroatoms. The molecule has 0 fully saturated rings. The summed E-state index contributed by atoms with van der Waals surface area (Å²) in [6.07, 6.45) is 3.46. The van der Waals surface area contributed by atoms with Crippen LogP contribution in [0.25, 0.3) is 0 Å². The summed E-state index contributed by atoms with van der Waals surface area (Å²) >= 11 is 0. The lowest BCUT2D eigenvalue weighted by Crippen LogP contribution is -1.95. The summed E-state index contributed by atoms with van der Waals surface area (Å²) in [6, 6.07) is 0. The van der Waals surface area contributed by atoms with Gasteiger partial charge in [-0.15, -0.1) is 0 Å². The van der Waals surface area contributed by atoms with E-state index < -0.39 is 0 Å². The Bertz CT molecular complexity index is 181. The zero-order valence-corrected chi connectivity index (χ0v) is 6.57. The lowest BCUT2D eigenvalue weighted by Gasteiger charge is -2.01. The van der Waals surface area contributed by atoms with Crippen molar-refractivity contribution < 1.29 is 0 Å². The fourth-order valence-corrected chi connectivity index (χ4v) is 0.705.